The van der Waals surface area contributed by atoms with Crippen molar-refractivity contribution in [3.63, 3.8) is 0 Å². The van der Waals surface area contributed by atoms with Crippen LogP contribution in [0.1, 0.15) is 56.3 Å². The standard InChI is InChI=1S/C28H37N3O6/c1-17-13-18(2)15-19(14-17)24(25(33)29-20-7-11-22(36-6)12-8-20)31(21-9-10-21)26(34)23(16-32)30-27(35)37-28(3,4)5/h7-8,11-15,21,23-24,32H,9-10,16H2,1-6H3,(H,29,33)(H,30,35). The molecule has 3 amide bonds. The third-order valence-corrected chi connectivity index (χ3v) is 5.81. The molecule has 200 valence electrons. The highest BCUT2D eigenvalue weighted by atomic mass is 16.6. The maximum Gasteiger partial charge on any atom is 0.408 e. The normalized spacial score (nSPS) is 14.8. The number of methoxy groups -OCH3 is 1. The van der Waals surface area contributed by atoms with Gasteiger partial charge in [0.2, 0.25) is 5.91 Å². The van der Waals surface area contributed by atoms with Gasteiger partial charge in [-0.15, -0.1) is 0 Å². The van der Waals surface area contributed by atoms with Crippen LogP contribution in [-0.2, 0) is 14.3 Å². The van der Waals surface area contributed by atoms with E-state index in [1.54, 1.807) is 52.1 Å². The number of hydrogen-bond donors (Lipinski definition) is 3. The van der Waals surface area contributed by atoms with Crippen LogP contribution in [0.25, 0.3) is 0 Å². The molecule has 0 saturated heterocycles. The van der Waals surface area contributed by atoms with E-state index >= 15 is 0 Å². The number of aryl methyl sites for hydroxylation is 2. The van der Waals surface area contributed by atoms with E-state index in [1.807, 2.05) is 32.0 Å². The van der Waals surface area contributed by atoms with E-state index in [2.05, 4.69) is 10.6 Å². The topological polar surface area (TPSA) is 117 Å². The highest BCUT2D eigenvalue weighted by molar-refractivity contribution is 5.99. The molecule has 3 rings (SSSR count). The van der Waals surface area contributed by atoms with Gasteiger partial charge in [-0.1, -0.05) is 29.3 Å². The van der Waals surface area contributed by atoms with E-state index in [0.717, 1.165) is 11.1 Å². The van der Waals surface area contributed by atoms with E-state index < -0.39 is 42.2 Å². The Bertz CT molecular complexity index is 1100. The summed E-state index contributed by atoms with van der Waals surface area (Å²) in [6, 6.07) is 10.2. The molecule has 9 nitrogen and oxygen atoms in total. The number of carbonyl (C=O) groups is 3. The SMILES string of the molecule is COc1ccc(NC(=O)C(c2cc(C)cc(C)c2)N(C(=O)C(CO)NC(=O)OC(C)(C)C)C2CC2)cc1. The van der Waals surface area contributed by atoms with Crippen molar-refractivity contribution in [1.29, 1.82) is 0 Å². The smallest absolute Gasteiger partial charge is 0.408 e. The molecule has 37 heavy (non-hydrogen) atoms. The van der Waals surface area contributed by atoms with Crippen LogP contribution in [-0.4, -0.2) is 59.3 Å². The Labute approximate surface area is 218 Å². The van der Waals surface area contributed by atoms with Gasteiger partial charge in [0.25, 0.3) is 5.91 Å². The van der Waals surface area contributed by atoms with Gasteiger partial charge in [0, 0.05) is 11.7 Å². The number of carbonyl (C=O) groups excluding carboxylic acids is 3. The first-order valence-corrected chi connectivity index (χ1v) is 12.4. The second-order valence-electron chi connectivity index (χ2n) is 10.4. The molecule has 2 atom stereocenters. The van der Waals surface area contributed by atoms with Crippen molar-refractivity contribution in [2.24, 2.45) is 0 Å². The molecule has 0 bridgehead atoms. The Morgan fingerprint density at radius 1 is 1.05 bits per heavy atom. The summed E-state index contributed by atoms with van der Waals surface area (Å²) in [4.78, 5) is 41.4. The zero-order chi connectivity index (χ0) is 27.3. The molecule has 3 N–H and O–H groups in total. The lowest BCUT2D eigenvalue weighted by atomic mass is 9.98. The van der Waals surface area contributed by atoms with Gasteiger partial charge in [-0.25, -0.2) is 4.79 Å². The molecular weight excluding hydrogens is 474 g/mol. The highest BCUT2D eigenvalue weighted by Gasteiger charge is 2.44. The summed E-state index contributed by atoms with van der Waals surface area (Å²) >= 11 is 0. The second-order valence-corrected chi connectivity index (χ2v) is 10.4. The molecule has 0 aromatic heterocycles. The molecule has 1 saturated carbocycles. The molecule has 0 spiro atoms. The van der Waals surface area contributed by atoms with Crippen molar-refractivity contribution in [1.82, 2.24) is 10.2 Å². The predicted molar refractivity (Wildman–Crippen MR) is 140 cm³/mol. The van der Waals surface area contributed by atoms with Crippen molar-refractivity contribution < 1.29 is 29.0 Å². The average Bonchev–Trinajstić information content (AvgIpc) is 3.64. The Kier molecular flexibility index (Phi) is 8.81. The quantitative estimate of drug-likeness (QED) is 0.471. The van der Waals surface area contributed by atoms with Gasteiger partial charge in [0.15, 0.2) is 0 Å². The molecule has 1 fully saturated rings. The molecule has 2 aromatic rings. The number of alkyl carbamates (subject to hydrolysis) is 1. The highest BCUT2D eigenvalue weighted by Crippen LogP contribution is 2.36. The number of nitrogens with zero attached hydrogens (tertiary/aromatic N) is 1. The lowest BCUT2D eigenvalue weighted by Crippen LogP contribution is -2.54. The van der Waals surface area contributed by atoms with Crippen molar-refractivity contribution in [2.75, 3.05) is 19.0 Å². The van der Waals surface area contributed by atoms with Gasteiger partial charge in [0.05, 0.1) is 13.7 Å². The van der Waals surface area contributed by atoms with Crippen LogP contribution in [0.3, 0.4) is 0 Å². The Morgan fingerprint density at radius 3 is 2.14 bits per heavy atom. The van der Waals surface area contributed by atoms with Gasteiger partial charge in [-0.3, -0.25) is 9.59 Å². The van der Waals surface area contributed by atoms with Gasteiger partial charge < -0.3 is 30.1 Å². The Hall–Kier alpha value is -3.59. The minimum absolute atomic E-state index is 0.200. The first-order valence-electron chi connectivity index (χ1n) is 12.4. The number of rotatable bonds is 9. The second kappa shape index (κ2) is 11.6. The van der Waals surface area contributed by atoms with Crippen molar-refractivity contribution in [3.8, 4) is 5.75 Å². The van der Waals surface area contributed by atoms with Gasteiger partial charge in [-0.2, -0.15) is 0 Å². The summed E-state index contributed by atoms with van der Waals surface area (Å²) in [5.74, 6) is -0.299. The first-order chi connectivity index (χ1) is 17.4. The number of amides is 3. The van der Waals surface area contributed by atoms with Gasteiger partial charge in [-0.05, 0) is 77.3 Å². The van der Waals surface area contributed by atoms with Crippen molar-refractivity contribution in [3.05, 3.63) is 59.2 Å². The lowest BCUT2D eigenvalue weighted by Gasteiger charge is -2.34. The summed E-state index contributed by atoms with van der Waals surface area (Å²) in [7, 11) is 1.56. The summed E-state index contributed by atoms with van der Waals surface area (Å²) in [6.45, 7) is 8.34. The fourth-order valence-electron chi connectivity index (χ4n) is 4.18. The molecule has 0 heterocycles. The largest absolute Gasteiger partial charge is 0.497 e. The van der Waals surface area contributed by atoms with Crippen LogP contribution < -0.4 is 15.4 Å². The monoisotopic (exact) mass is 511 g/mol. The fraction of sp³-hybridized carbons (Fsp3) is 0.464. The van der Waals surface area contributed by atoms with E-state index in [1.165, 1.54) is 4.90 Å². The van der Waals surface area contributed by atoms with Crippen LogP contribution in [0.5, 0.6) is 5.75 Å². The minimum Gasteiger partial charge on any atom is -0.497 e. The zero-order valence-electron chi connectivity index (χ0n) is 22.3. The number of benzene rings is 2. The van der Waals surface area contributed by atoms with Gasteiger partial charge in [0.1, 0.15) is 23.4 Å². The summed E-state index contributed by atoms with van der Waals surface area (Å²) in [5, 5.41) is 15.4. The molecule has 0 radical (unpaired) electrons. The van der Waals surface area contributed by atoms with Crippen LogP contribution in [0.4, 0.5) is 10.5 Å². The van der Waals surface area contributed by atoms with E-state index in [9.17, 15) is 19.5 Å². The van der Waals surface area contributed by atoms with Crippen molar-refractivity contribution >= 4 is 23.6 Å². The minimum atomic E-state index is -1.27. The number of nitrogens with one attached hydrogen (secondary N) is 2. The Morgan fingerprint density at radius 2 is 1.65 bits per heavy atom. The van der Waals surface area contributed by atoms with Gasteiger partial charge >= 0.3 is 6.09 Å². The summed E-state index contributed by atoms with van der Waals surface area (Å²) in [5.41, 5.74) is 2.33. The van der Waals surface area contributed by atoms with Crippen LogP contribution in [0.2, 0.25) is 0 Å². The molecule has 1 aliphatic carbocycles. The molecule has 9 heteroatoms. The number of anilines is 1. The fourth-order valence-corrected chi connectivity index (χ4v) is 4.18. The summed E-state index contributed by atoms with van der Waals surface area (Å²) in [6.07, 6.45) is 0.613. The maximum atomic E-state index is 13.8. The van der Waals surface area contributed by atoms with Crippen molar-refractivity contribution in [2.45, 2.75) is 71.2 Å². The van der Waals surface area contributed by atoms with Crippen LogP contribution in [0, 0.1) is 13.8 Å². The third-order valence-electron chi connectivity index (χ3n) is 5.81. The van der Waals surface area contributed by atoms with E-state index in [-0.39, 0.29) is 6.04 Å². The first kappa shape index (κ1) is 28.0. The summed E-state index contributed by atoms with van der Waals surface area (Å²) < 4.78 is 10.5. The molecule has 2 unspecified atom stereocenters. The lowest BCUT2D eigenvalue weighted by molar-refractivity contribution is -0.142. The average molecular weight is 512 g/mol. The predicted octanol–water partition coefficient (Wildman–Crippen LogP) is 3.87. The molecule has 1 aliphatic rings. The number of ether oxygens (including phenoxy) is 2. The Balaban J connectivity index is 1.96. The maximum absolute atomic E-state index is 13.8. The molecule has 0 aliphatic heterocycles. The van der Waals surface area contributed by atoms with Crippen LogP contribution in [0.15, 0.2) is 42.5 Å². The molecule has 2 aromatic carbocycles. The zero-order valence-corrected chi connectivity index (χ0v) is 22.3. The number of aliphatic hydroxyl groups is 1. The number of aliphatic hydroxyl groups excluding tert-OH is 1. The van der Waals surface area contributed by atoms with E-state index in [0.29, 0.717) is 29.8 Å². The number of hydrogen-bond acceptors (Lipinski definition) is 6. The molecular formula is C28H37N3O6. The van der Waals surface area contributed by atoms with Crippen LogP contribution >= 0.6 is 0 Å². The van der Waals surface area contributed by atoms with E-state index in [4.69, 9.17) is 9.47 Å². The third kappa shape index (κ3) is 7.69.